The van der Waals surface area contributed by atoms with Crippen LogP contribution in [0.3, 0.4) is 0 Å². The second-order valence-corrected chi connectivity index (χ2v) is 6.76. The summed E-state index contributed by atoms with van der Waals surface area (Å²) in [7, 11) is 1.74. The molecule has 162 valence electrons. The summed E-state index contributed by atoms with van der Waals surface area (Å²) in [6.45, 7) is 0. The van der Waals surface area contributed by atoms with Crippen LogP contribution in [0.1, 0.15) is 16.1 Å². The topological polar surface area (TPSA) is 84.7 Å². The molecule has 0 atom stereocenters. The van der Waals surface area contributed by atoms with E-state index in [9.17, 15) is 18.0 Å². The van der Waals surface area contributed by atoms with E-state index in [1.54, 1.807) is 37.4 Å². The number of amides is 1. The van der Waals surface area contributed by atoms with E-state index in [1.165, 1.54) is 30.7 Å². The summed E-state index contributed by atoms with van der Waals surface area (Å²) in [6, 6.07) is 13.9. The monoisotopic (exact) mass is 438 g/mol. The maximum atomic E-state index is 13.6. The Balaban J connectivity index is 1.61. The summed E-state index contributed by atoms with van der Waals surface area (Å²) >= 11 is 0. The fourth-order valence-electron chi connectivity index (χ4n) is 3.02. The fraction of sp³-hybridized carbons (Fsp3) is 0.0909. The zero-order chi connectivity index (χ0) is 22.7. The van der Waals surface area contributed by atoms with Crippen LogP contribution >= 0.6 is 0 Å². The van der Waals surface area contributed by atoms with E-state index in [4.69, 9.17) is 0 Å². The van der Waals surface area contributed by atoms with Gasteiger partial charge in [-0.2, -0.15) is 18.3 Å². The molecule has 7 nitrogen and oxygen atoms in total. The Labute approximate surface area is 181 Å². The van der Waals surface area contributed by atoms with Crippen LogP contribution in [0, 0.1) is 0 Å². The highest BCUT2D eigenvalue weighted by Gasteiger charge is 2.36. The molecule has 0 aliphatic rings. The van der Waals surface area contributed by atoms with Crippen molar-refractivity contribution in [3.05, 3.63) is 84.4 Å². The Bertz CT molecular complexity index is 1240. The number of nitrogens with zero attached hydrogens (tertiary/aromatic N) is 4. The summed E-state index contributed by atoms with van der Waals surface area (Å²) in [5.74, 6) is -0.409. The summed E-state index contributed by atoms with van der Waals surface area (Å²) in [6.07, 6.45) is -0.405. The highest BCUT2D eigenvalue weighted by Crippen LogP contribution is 2.33. The minimum absolute atomic E-state index is 0.0392. The number of pyridine rings is 2. The molecule has 0 aliphatic carbocycles. The van der Waals surface area contributed by atoms with Crippen molar-refractivity contribution in [2.45, 2.75) is 6.18 Å². The molecule has 3 heterocycles. The lowest BCUT2D eigenvalue weighted by Crippen LogP contribution is -2.15. The molecule has 1 amide bonds. The summed E-state index contributed by atoms with van der Waals surface area (Å²) in [5.41, 5.74) is 1.13. The van der Waals surface area contributed by atoms with Gasteiger partial charge in [0.25, 0.3) is 5.91 Å². The quantitative estimate of drug-likeness (QED) is 0.474. The van der Waals surface area contributed by atoms with Crippen molar-refractivity contribution in [1.82, 2.24) is 19.7 Å². The molecule has 4 aromatic rings. The van der Waals surface area contributed by atoms with E-state index in [2.05, 4.69) is 25.7 Å². The highest BCUT2D eigenvalue weighted by atomic mass is 19.4. The SMILES string of the molecule is CNc1cccc(C(=O)Nc2ccc(-n3nc(-c4cccnc4)cc3C(F)(F)F)nc2)c1. The van der Waals surface area contributed by atoms with Gasteiger partial charge in [-0.1, -0.05) is 6.07 Å². The first-order valence-electron chi connectivity index (χ1n) is 9.48. The van der Waals surface area contributed by atoms with E-state index in [-0.39, 0.29) is 17.4 Å². The van der Waals surface area contributed by atoms with E-state index < -0.39 is 11.9 Å². The van der Waals surface area contributed by atoms with Crippen LogP contribution in [0.5, 0.6) is 0 Å². The van der Waals surface area contributed by atoms with Gasteiger partial charge < -0.3 is 10.6 Å². The van der Waals surface area contributed by atoms with Crippen LogP contribution < -0.4 is 10.6 Å². The average Bonchev–Trinajstić information content (AvgIpc) is 3.26. The Morgan fingerprint density at radius 2 is 1.84 bits per heavy atom. The molecule has 1 aromatic carbocycles. The van der Waals surface area contributed by atoms with Gasteiger partial charge in [0.15, 0.2) is 11.5 Å². The Hall–Kier alpha value is -4.21. The lowest BCUT2D eigenvalue weighted by Gasteiger charge is -2.10. The van der Waals surface area contributed by atoms with Gasteiger partial charge in [-0.05, 0) is 48.5 Å². The molecule has 0 spiro atoms. The summed E-state index contributed by atoms with van der Waals surface area (Å²) in [5, 5.41) is 9.69. The molecule has 0 unspecified atom stereocenters. The van der Waals surface area contributed by atoms with E-state index in [0.717, 1.165) is 16.4 Å². The molecule has 0 saturated carbocycles. The molecule has 10 heteroatoms. The summed E-state index contributed by atoms with van der Waals surface area (Å²) < 4.78 is 41.5. The van der Waals surface area contributed by atoms with E-state index in [0.29, 0.717) is 16.8 Å². The Kier molecular flexibility index (Phi) is 5.59. The minimum atomic E-state index is -4.64. The maximum Gasteiger partial charge on any atom is 0.433 e. The number of anilines is 2. The van der Waals surface area contributed by atoms with E-state index in [1.807, 2.05) is 6.07 Å². The van der Waals surface area contributed by atoms with Crippen LogP contribution in [-0.4, -0.2) is 32.7 Å². The van der Waals surface area contributed by atoms with E-state index >= 15 is 0 Å². The molecule has 0 radical (unpaired) electrons. The first-order valence-corrected chi connectivity index (χ1v) is 9.48. The lowest BCUT2D eigenvalue weighted by molar-refractivity contribution is -0.142. The van der Waals surface area contributed by atoms with Gasteiger partial charge >= 0.3 is 6.18 Å². The molecule has 0 bridgehead atoms. The largest absolute Gasteiger partial charge is 0.433 e. The van der Waals surface area contributed by atoms with Crippen LogP contribution in [0.4, 0.5) is 24.5 Å². The Morgan fingerprint density at radius 1 is 1.00 bits per heavy atom. The number of carbonyl (C=O) groups excluding carboxylic acids is 1. The smallest absolute Gasteiger partial charge is 0.388 e. The van der Waals surface area contributed by atoms with Gasteiger partial charge in [-0.15, -0.1) is 0 Å². The molecule has 0 fully saturated rings. The van der Waals surface area contributed by atoms with Crippen molar-refractivity contribution in [3.8, 4) is 17.1 Å². The van der Waals surface area contributed by atoms with Gasteiger partial charge in [-0.25, -0.2) is 9.67 Å². The number of alkyl halides is 3. The third kappa shape index (κ3) is 4.43. The lowest BCUT2D eigenvalue weighted by atomic mass is 10.2. The number of hydrogen-bond acceptors (Lipinski definition) is 5. The van der Waals surface area contributed by atoms with Crippen molar-refractivity contribution >= 4 is 17.3 Å². The predicted octanol–water partition coefficient (Wildman–Crippen LogP) is 4.64. The Morgan fingerprint density at radius 3 is 2.50 bits per heavy atom. The molecule has 32 heavy (non-hydrogen) atoms. The molecule has 0 saturated heterocycles. The molecule has 0 aliphatic heterocycles. The fourth-order valence-corrected chi connectivity index (χ4v) is 3.02. The number of rotatable bonds is 5. The van der Waals surface area contributed by atoms with Gasteiger partial charge in [0.2, 0.25) is 0 Å². The highest BCUT2D eigenvalue weighted by molar-refractivity contribution is 6.04. The van der Waals surface area contributed by atoms with Crippen molar-refractivity contribution in [2.24, 2.45) is 0 Å². The number of halogens is 3. The first kappa shape index (κ1) is 21.0. The number of benzene rings is 1. The van der Waals surface area contributed by atoms with Crippen LogP contribution in [-0.2, 0) is 6.18 Å². The number of nitrogens with one attached hydrogen (secondary N) is 2. The molecule has 3 aromatic heterocycles. The maximum absolute atomic E-state index is 13.6. The van der Waals surface area contributed by atoms with Crippen molar-refractivity contribution in [3.63, 3.8) is 0 Å². The van der Waals surface area contributed by atoms with Gasteiger partial charge in [0, 0.05) is 36.3 Å². The summed E-state index contributed by atoms with van der Waals surface area (Å²) in [4.78, 5) is 20.4. The van der Waals surface area contributed by atoms with Gasteiger partial charge in [-0.3, -0.25) is 9.78 Å². The van der Waals surface area contributed by atoms with Crippen LogP contribution in [0.25, 0.3) is 17.1 Å². The average molecular weight is 438 g/mol. The zero-order valence-electron chi connectivity index (χ0n) is 16.8. The second kappa shape index (κ2) is 8.50. The minimum Gasteiger partial charge on any atom is -0.388 e. The standard InChI is InChI=1S/C22H17F3N6O/c1-26-16-6-2-4-14(10-16)21(32)29-17-7-8-20(28-13-17)31-19(22(23,24)25)11-18(30-31)15-5-3-9-27-12-15/h2-13,26H,1H3,(H,29,32). The van der Waals surface area contributed by atoms with Gasteiger partial charge in [0.1, 0.15) is 0 Å². The van der Waals surface area contributed by atoms with Crippen LogP contribution in [0.15, 0.2) is 73.2 Å². The van der Waals surface area contributed by atoms with Gasteiger partial charge in [0.05, 0.1) is 17.6 Å². The van der Waals surface area contributed by atoms with Crippen molar-refractivity contribution in [2.75, 3.05) is 17.7 Å². The zero-order valence-corrected chi connectivity index (χ0v) is 16.8. The molecule has 4 rings (SSSR count). The number of aromatic nitrogens is 4. The van der Waals surface area contributed by atoms with Crippen molar-refractivity contribution < 1.29 is 18.0 Å². The molecular weight excluding hydrogens is 421 g/mol. The van der Waals surface area contributed by atoms with Crippen molar-refractivity contribution in [1.29, 1.82) is 0 Å². The first-order chi connectivity index (χ1) is 15.3. The number of carbonyl (C=O) groups is 1. The van der Waals surface area contributed by atoms with Crippen LogP contribution in [0.2, 0.25) is 0 Å². The predicted molar refractivity (Wildman–Crippen MR) is 114 cm³/mol. The third-order valence-electron chi connectivity index (χ3n) is 4.59. The second-order valence-electron chi connectivity index (χ2n) is 6.76. The normalized spacial score (nSPS) is 11.2. The molecule has 2 N–H and O–H groups in total. The molecular formula is C22H17F3N6O. The number of hydrogen-bond donors (Lipinski definition) is 2. The third-order valence-corrected chi connectivity index (χ3v) is 4.59.